The number of carbonyl (C=O) groups excluding carboxylic acids is 1. The van der Waals surface area contributed by atoms with E-state index in [9.17, 15) is 4.79 Å². The standard InChI is InChI=1S/C13H12O2S/c1-2-10-3-5-11(6-4-10)15-13-8-7-12(9-14)16-13/h3-9H,2H2,1H3. The number of rotatable bonds is 4. The Morgan fingerprint density at radius 2 is 1.94 bits per heavy atom. The van der Waals surface area contributed by atoms with Crippen LogP contribution in [0.2, 0.25) is 0 Å². The van der Waals surface area contributed by atoms with Crippen LogP contribution in [0.5, 0.6) is 10.8 Å². The molecule has 0 aliphatic carbocycles. The summed E-state index contributed by atoms with van der Waals surface area (Å²) in [6, 6.07) is 11.5. The molecule has 0 amide bonds. The minimum atomic E-state index is 0.681. The van der Waals surface area contributed by atoms with Gasteiger partial charge in [0.25, 0.3) is 0 Å². The molecule has 0 aliphatic heterocycles. The number of benzene rings is 1. The van der Waals surface area contributed by atoms with Crippen molar-refractivity contribution in [1.29, 1.82) is 0 Å². The van der Waals surface area contributed by atoms with Crippen LogP contribution < -0.4 is 4.74 Å². The van der Waals surface area contributed by atoms with E-state index in [1.165, 1.54) is 16.9 Å². The van der Waals surface area contributed by atoms with E-state index < -0.39 is 0 Å². The van der Waals surface area contributed by atoms with Crippen LogP contribution in [-0.2, 0) is 6.42 Å². The predicted octanol–water partition coefficient (Wildman–Crippen LogP) is 3.92. The Morgan fingerprint density at radius 1 is 1.19 bits per heavy atom. The van der Waals surface area contributed by atoms with Crippen LogP contribution in [0.15, 0.2) is 36.4 Å². The summed E-state index contributed by atoms with van der Waals surface area (Å²) in [6.45, 7) is 2.12. The Labute approximate surface area is 98.5 Å². The molecule has 16 heavy (non-hydrogen) atoms. The monoisotopic (exact) mass is 232 g/mol. The van der Waals surface area contributed by atoms with E-state index in [1.54, 1.807) is 6.07 Å². The Balaban J connectivity index is 2.10. The number of hydrogen-bond donors (Lipinski definition) is 0. The second kappa shape index (κ2) is 4.94. The van der Waals surface area contributed by atoms with Crippen molar-refractivity contribution in [3.63, 3.8) is 0 Å². The van der Waals surface area contributed by atoms with E-state index in [4.69, 9.17) is 4.74 Å². The summed E-state index contributed by atoms with van der Waals surface area (Å²) in [5.41, 5.74) is 1.28. The largest absolute Gasteiger partial charge is 0.447 e. The normalized spacial score (nSPS) is 10.1. The third kappa shape index (κ3) is 2.49. The first kappa shape index (κ1) is 10.9. The molecule has 1 heterocycles. The van der Waals surface area contributed by atoms with Gasteiger partial charge in [-0.1, -0.05) is 30.4 Å². The zero-order valence-corrected chi connectivity index (χ0v) is 9.79. The number of aldehydes is 1. The third-order valence-electron chi connectivity index (χ3n) is 2.27. The first-order valence-corrected chi connectivity index (χ1v) is 5.95. The summed E-state index contributed by atoms with van der Waals surface area (Å²) in [5, 5.41) is 0.742. The lowest BCUT2D eigenvalue weighted by Gasteiger charge is -2.03. The van der Waals surface area contributed by atoms with Crippen LogP contribution in [0.1, 0.15) is 22.2 Å². The van der Waals surface area contributed by atoms with Crippen molar-refractivity contribution in [1.82, 2.24) is 0 Å². The maximum atomic E-state index is 10.5. The predicted molar refractivity (Wildman–Crippen MR) is 65.6 cm³/mol. The Morgan fingerprint density at radius 3 is 2.50 bits per heavy atom. The van der Waals surface area contributed by atoms with E-state index in [0.29, 0.717) is 4.88 Å². The van der Waals surface area contributed by atoms with Crippen molar-refractivity contribution in [2.45, 2.75) is 13.3 Å². The average molecular weight is 232 g/mol. The first-order chi connectivity index (χ1) is 7.81. The molecular formula is C13H12O2S. The van der Waals surface area contributed by atoms with Crippen molar-refractivity contribution >= 4 is 17.6 Å². The zero-order valence-electron chi connectivity index (χ0n) is 8.97. The topological polar surface area (TPSA) is 26.3 Å². The molecular weight excluding hydrogens is 220 g/mol. The third-order valence-corrected chi connectivity index (χ3v) is 3.16. The van der Waals surface area contributed by atoms with Gasteiger partial charge in [0.15, 0.2) is 11.3 Å². The summed E-state index contributed by atoms with van der Waals surface area (Å²) >= 11 is 1.35. The summed E-state index contributed by atoms with van der Waals surface area (Å²) in [7, 11) is 0. The summed E-state index contributed by atoms with van der Waals surface area (Å²) < 4.78 is 5.62. The molecule has 1 aromatic carbocycles. The minimum absolute atomic E-state index is 0.681. The molecule has 0 spiro atoms. The fraction of sp³-hybridized carbons (Fsp3) is 0.154. The molecule has 2 aromatic rings. The van der Waals surface area contributed by atoms with Crippen molar-refractivity contribution in [3.05, 3.63) is 46.8 Å². The molecule has 0 atom stereocenters. The number of hydrogen-bond acceptors (Lipinski definition) is 3. The van der Waals surface area contributed by atoms with Crippen LogP contribution >= 0.6 is 11.3 Å². The lowest BCUT2D eigenvalue weighted by molar-refractivity contribution is 0.112. The summed E-state index contributed by atoms with van der Waals surface area (Å²) in [5.74, 6) is 0.802. The summed E-state index contributed by atoms with van der Waals surface area (Å²) in [4.78, 5) is 11.2. The van der Waals surface area contributed by atoms with Gasteiger partial charge in [-0.3, -0.25) is 4.79 Å². The van der Waals surface area contributed by atoms with Gasteiger partial charge in [0.2, 0.25) is 0 Å². The van der Waals surface area contributed by atoms with Gasteiger partial charge >= 0.3 is 0 Å². The first-order valence-electron chi connectivity index (χ1n) is 5.13. The average Bonchev–Trinajstić information content (AvgIpc) is 2.78. The van der Waals surface area contributed by atoms with Gasteiger partial charge < -0.3 is 4.74 Å². The Hall–Kier alpha value is -1.61. The van der Waals surface area contributed by atoms with Crippen molar-refractivity contribution in [3.8, 4) is 10.8 Å². The maximum absolute atomic E-state index is 10.5. The molecule has 0 radical (unpaired) electrons. The van der Waals surface area contributed by atoms with Gasteiger partial charge in [0, 0.05) is 0 Å². The van der Waals surface area contributed by atoms with Gasteiger partial charge in [-0.05, 0) is 36.2 Å². The molecule has 82 valence electrons. The van der Waals surface area contributed by atoms with Gasteiger partial charge in [0.05, 0.1) is 4.88 Å². The van der Waals surface area contributed by atoms with Gasteiger partial charge in [-0.15, -0.1) is 0 Å². The molecule has 0 bridgehead atoms. The number of ether oxygens (including phenoxy) is 1. The molecule has 0 N–H and O–H groups in total. The zero-order chi connectivity index (χ0) is 11.4. The highest BCUT2D eigenvalue weighted by atomic mass is 32.1. The maximum Gasteiger partial charge on any atom is 0.181 e. The van der Waals surface area contributed by atoms with E-state index >= 15 is 0 Å². The van der Waals surface area contributed by atoms with Crippen LogP contribution in [0, 0.1) is 0 Å². The highest BCUT2D eigenvalue weighted by Crippen LogP contribution is 2.28. The lowest BCUT2D eigenvalue weighted by Crippen LogP contribution is -1.82. The van der Waals surface area contributed by atoms with Gasteiger partial charge in [0.1, 0.15) is 5.75 Å². The molecule has 0 unspecified atom stereocenters. The molecule has 1 aromatic heterocycles. The minimum Gasteiger partial charge on any atom is -0.447 e. The highest BCUT2D eigenvalue weighted by Gasteiger charge is 2.01. The van der Waals surface area contributed by atoms with Crippen molar-refractivity contribution in [2.24, 2.45) is 0 Å². The Kier molecular flexibility index (Phi) is 3.37. The van der Waals surface area contributed by atoms with E-state index in [0.717, 1.165) is 23.5 Å². The molecule has 0 saturated heterocycles. The second-order valence-electron chi connectivity index (χ2n) is 3.37. The van der Waals surface area contributed by atoms with Gasteiger partial charge in [-0.25, -0.2) is 0 Å². The van der Waals surface area contributed by atoms with Crippen molar-refractivity contribution in [2.75, 3.05) is 0 Å². The lowest BCUT2D eigenvalue weighted by atomic mass is 10.2. The number of thiophene rings is 1. The van der Waals surface area contributed by atoms with E-state index in [1.807, 2.05) is 30.3 Å². The molecule has 2 rings (SSSR count). The van der Waals surface area contributed by atoms with E-state index in [2.05, 4.69) is 6.92 Å². The smallest absolute Gasteiger partial charge is 0.181 e. The van der Waals surface area contributed by atoms with Crippen LogP contribution in [0.25, 0.3) is 0 Å². The number of carbonyl (C=O) groups is 1. The van der Waals surface area contributed by atoms with Gasteiger partial charge in [-0.2, -0.15) is 0 Å². The highest BCUT2D eigenvalue weighted by molar-refractivity contribution is 7.15. The second-order valence-corrected chi connectivity index (χ2v) is 4.45. The Bertz CT molecular complexity index is 471. The summed E-state index contributed by atoms with van der Waals surface area (Å²) in [6.07, 6.45) is 1.85. The molecule has 0 saturated carbocycles. The quantitative estimate of drug-likeness (QED) is 0.747. The fourth-order valence-corrected chi connectivity index (χ4v) is 2.05. The molecule has 0 aliphatic rings. The molecule has 3 heteroatoms. The van der Waals surface area contributed by atoms with Crippen LogP contribution in [0.3, 0.4) is 0 Å². The van der Waals surface area contributed by atoms with Crippen LogP contribution in [0.4, 0.5) is 0 Å². The molecule has 2 nitrogen and oxygen atoms in total. The SMILES string of the molecule is CCc1ccc(Oc2ccc(C=O)s2)cc1. The number of aryl methyl sites for hydroxylation is 1. The van der Waals surface area contributed by atoms with Crippen LogP contribution in [-0.4, -0.2) is 6.29 Å². The van der Waals surface area contributed by atoms with Crippen molar-refractivity contribution < 1.29 is 9.53 Å². The fourth-order valence-electron chi connectivity index (χ4n) is 1.36. The molecule has 0 fully saturated rings. The van der Waals surface area contributed by atoms with E-state index in [-0.39, 0.29) is 0 Å².